The minimum absolute atomic E-state index is 0.0196. The van der Waals surface area contributed by atoms with Crippen LogP contribution in [0.25, 0.3) is 0 Å². The standard InChI is InChI=1S/C13H21NO3/c1-5-9-14-10(3)11(13(15)17-6-2)7-8-12(14)16-4/h5,12H,1,6-9H2,2-4H3. The molecular formula is C13H21NO3. The Morgan fingerprint density at radius 3 is 2.88 bits per heavy atom. The molecule has 0 spiro atoms. The molecule has 1 unspecified atom stereocenters. The fourth-order valence-electron chi connectivity index (χ4n) is 2.10. The molecule has 4 nitrogen and oxygen atoms in total. The van der Waals surface area contributed by atoms with Gasteiger partial charge in [-0.2, -0.15) is 0 Å². The van der Waals surface area contributed by atoms with Crippen LogP contribution in [0.5, 0.6) is 0 Å². The highest BCUT2D eigenvalue weighted by Gasteiger charge is 2.28. The summed E-state index contributed by atoms with van der Waals surface area (Å²) in [6.07, 6.45) is 3.34. The largest absolute Gasteiger partial charge is 0.463 e. The van der Waals surface area contributed by atoms with E-state index >= 15 is 0 Å². The van der Waals surface area contributed by atoms with Crippen molar-refractivity contribution in [3.63, 3.8) is 0 Å². The number of hydrogen-bond acceptors (Lipinski definition) is 4. The Morgan fingerprint density at radius 1 is 1.65 bits per heavy atom. The van der Waals surface area contributed by atoms with Crippen molar-refractivity contribution in [3.05, 3.63) is 23.9 Å². The number of carbonyl (C=O) groups excluding carboxylic acids is 1. The third-order valence-corrected chi connectivity index (χ3v) is 2.98. The first-order valence-electron chi connectivity index (χ1n) is 5.92. The molecular weight excluding hydrogens is 218 g/mol. The summed E-state index contributed by atoms with van der Waals surface area (Å²) in [5, 5.41) is 0. The molecule has 0 saturated heterocycles. The van der Waals surface area contributed by atoms with Gasteiger partial charge in [-0.05, 0) is 26.7 Å². The second-order valence-electron chi connectivity index (χ2n) is 3.95. The molecule has 96 valence electrons. The molecule has 1 aliphatic heterocycles. The van der Waals surface area contributed by atoms with Gasteiger partial charge in [-0.25, -0.2) is 4.79 Å². The lowest BCUT2D eigenvalue weighted by atomic mass is 10.0. The number of esters is 1. The molecule has 4 heteroatoms. The van der Waals surface area contributed by atoms with Gasteiger partial charge in [0.25, 0.3) is 0 Å². The van der Waals surface area contributed by atoms with Crippen LogP contribution in [0, 0.1) is 0 Å². The van der Waals surface area contributed by atoms with E-state index in [1.165, 1.54) is 0 Å². The van der Waals surface area contributed by atoms with Crippen LogP contribution >= 0.6 is 0 Å². The van der Waals surface area contributed by atoms with Crippen molar-refractivity contribution in [1.82, 2.24) is 4.90 Å². The quantitative estimate of drug-likeness (QED) is 0.544. The molecule has 0 saturated carbocycles. The zero-order chi connectivity index (χ0) is 12.8. The summed E-state index contributed by atoms with van der Waals surface area (Å²) in [6, 6.07) is 0. The lowest BCUT2D eigenvalue weighted by Gasteiger charge is -2.37. The predicted molar refractivity (Wildman–Crippen MR) is 66.3 cm³/mol. The molecule has 17 heavy (non-hydrogen) atoms. The number of rotatable bonds is 5. The molecule has 0 aliphatic carbocycles. The predicted octanol–water partition coefficient (Wildman–Crippen LogP) is 2.08. The molecule has 0 radical (unpaired) electrons. The van der Waals surface area contributed by atoms with E-state index in [1.54, 1.807) is 7.11 Å². The molecule has 0 aromatic carbocycles. The zero-order valence-electron chi connectivity index (χ0n) is 10.9. The van der Waals surface area contributed by atoms with Gasteiger partial charge in [-0.1, -0.05) is 6.08 Å². The fourth-order valence-corrected chi connectivity index (χ4v) is 2.10. The molecule has 1 aliphatic rings. The van der Waals surface area contributed by atoms with Crippen LogP contribution < -0.4 is 0 Å². The van der Waals surface area contributed by atoms with Gasteiger partial charge in [0.05, 0.1) is 12.2 Å². The van der Waals surface area contributed by atoms with Crippen LogP contribution in [0.15, 0.2) is 23.9 Å². The summed E-state index contributed by atoms with van der Waals surface area (Å²) >= 11 is 0. The van der Waals surface area contributed by atoms with Gasteiger partial charge >= 0.3 is 5.97 Å². The van der Waals surface area contributed by atoms with E-state index in [1.807, 2.05) is 24.8 Å². The van der Waals surface area contributed by atoms with Crippen LogP contribution in [0.1, 0.15) is 26.7 Å². The maximum atomic E-state index is 11.8. The van der Waals surface area contributed by atoms with E-state index in [-0.39, 0.29) is 12.2 Å². The molecule has 0 aromatic rings. The molecule has 0 N–H and O–H groups in total. The number of allylic oxidation sites excluding steroid dienone is 1. The van der Waals surface area contributed by atoms with E-state index in [9.17, 15) is 4.79 Å². The van der Waals surface area contributed by atoms with Gasteiger partial charge in [0, 0.05) is 19.4 Å². The van der Waals surface area contributed by atoms with E-state index < -0.39 is 0 Å². The van der Waals surface area contributed by atoms with Crippen molar-refractivity contribution in [2.75, 3.05) is 20.3 Å². The van der Waals surface area contributed by atoms with Gasteiger partial charge in [-0.3, -0.25) is 0 Å². The lowest BCUT2D eigenvalue weighted by molar-refractivity contribution is -0.139. The van der Waals surface area contributed by atoms with E-state index in [2.05, 4.69) is 6.58 Å². The molecule has 0 aromatic heterocycles. The second kappa shape index (κ2) is 6.45. The van der Waals surface area contributed by atoms with Crippen molar-refractivity contribution >= 4 is 5.97 Å². The summed E-state index contributed by atoms with van der Waals surface area (Å²) in [5.41, 5.74) is 1.68. The van der Waals surface area contributed by atoms with E-state index in [4.69, 9.17) is 9.47 Å². The third kappa shape index (κ3) is 3.09. The summed E-state index contributed by atoms with van der Waals surface area (Å²) in [7, 11) is 1.68. The van der Waals surface area contributed by atoms with Crippen LogP contribution in [0.4, 0.5) is 0 Å². The number of methoxy groups -OCH3 is 1. The van der Waals surface area contributed by atoms with E-state index in [0.29, 0.717) is 19.6 Å². The normalized spacial score (nSPS) is 20.4. The molecule has 1 atom stereocenters. The average molecular weight is 239 g/mol. The Balaban J connectivity index is 2.92. The molecule has 1 heterocycles. The number of hydrogen-bond donors (Lipinski definition) is 0. The van der Waals surface area contributed by atoms with Crippen molar-refractivity contribution < 1.29 is 14.3 Å². The Kier molecular flexibility index (Phi) is 5.22. The maximum Gasteiger partial charge on any atom is 0.335 e. The highest BCUT2D eigenvalue weighted by molar-refractivity contribution is 5.89. The lowest BCUT2D eigenvalue weighted by Crippen LogP contribution is -2.40. The zero-order valence-corrected chi connectivity index (χ0v) is 10.9. The second-order valence-corrected chi connectivity index (χ2v) is 3.95. The van der Waals surface area contributed by atoms with Crippen molar-refractivity contribution in [1.29, 1.82) is 0 Å². The number of nitrogens with zero attached hydrogens (tertiary/aromatic N) is 1. The first-order chi connectivity index (χ1) is 8.15. The molecule has 1 rings (SSSR count). The highest BCUT2D eigenvalue weighted by Crippen LogP contribution is 2.27. The topological polar surface area (TPSA) is 38.8 Å². The first kappa shape index (κ1) is 13.8. The number of ether oxygens (including phenoxy) is 2. The summed E-state index contributed by atoms with van der Waals surface area (Å²) in [6.45, 7) is 8.56. The summed E-state index contributed by atoms with van der Waals surface area (Å²) in [5.74, 6) is -0.214. The summed E-state index contributed by atoms with van der Waals surface area (Å²) < 4.78 is 10.5. The molecule has 0 amide bonds. The monoisotopic (exact) mass is 239 g/mol. The fraction of sp³-hybridized carbons (Fsp3) is 0.615. The SMILES string of the molecule is C=CCN1C(C)=C(C(=O)OCC)CCC1OC. The molecule has 0 fully saturated rings. The van der Waals surface area contributed by atoms with Crippen molar-refractivity contribution in [2.24, 2.45) is 0 Å². The van der Waals surface area contributed by atoms with Crippen LogP contribution in [-0.2, 0) is 14.3 Å². The minimum Gasteiger partial charge on any atom is -0.463 e. The van der Waals surface area contributed by atoms with Gasteiger partial charge in [0.1, 0.15) is 6.23 Å². The third-order valence-electron chi connectivity index (χ3n) is 2.98. The summed E-state index contributed by atoms with van der Waals surface area (Å²) in [4.78, 5) is 13.8. The highest BCUT2D eigenvalue weighted by atomic mass is 16.5. The average Bonchev–Trinajstić information content (AvgIpc) is 2.32. The first-order valence-corrected chi connectivity index (χ1v) is 5.92. The van der Waals surface area contributed by atoms with Crippen LogP contribution in [-0.4, -0.2) is 37.4 Å². The van der Waals surface area contributed by atoms with E-state index in [0.717, 1.165) is 17.7 Å². The minimum atomic E-state index is -0.214. The Bertz CT molecular complexity index is 323. The molecule has 0 bridgehead atoms. The Morgan fingerprint density at radius 2 is 2.35 bits per heavy atom. The Hall–Kier alpha value is -1.29. The maximum absolute atomic E-state index is 11.8. The smallest absolute Gasteiger partial charge is 0.335 e. The van der Waals surface area contributed by atoms with Gasteiger partial charge < -0.3 is 14.4 Å². The van der Waals surface area contributed by atoms with Gasteiger partial charge in [0.15, 0.2) is 0 Å². The number of carbonyl (C=O) groups is 1. The van der Waals surface area contributed by atoms with Crippen LogP contribution in [0.3, 0.4) is 0 Å². The van der Waals surface area contributed by atoms with Gasteiger partial charge in [0.2, 0.25) is 0 Å². The Labute approximate surface area is 103 Å². The van der Waals surface area contributed by atoms with Crippen molar-refractivity contribution in [3.8, 4) is 0 Å². The van der Waals surface area contributed by atoms with Gasteiger partial charge in [-0.15, -0.1) is 6.58 Å². The van der Waals surface area contributed by atoms with Crippen molar-refractivity contribution in [2.45, 2.75) is 32.9 Å². The van der Waals surface area contributed by atoms with Crippen LogP contribution in [0.2, 0.25) is 0 Å².